The molecule has 1 aromatic rings. The molecule has 0 radical (unpaired) electrons. The van der Waals surface area contributed by atoms with Crippen LogP contribution >= 0.6 is 0 Å². The SMILES string of the molecule is C[C@@H](CCC/C=C\CCCC(=O)OCc1ccccc1)N(CCO[Si](C)(C)C(C)(C)C)C(=O)OC(C)(C)C. The van der Waals surface area contributed by atoms with Gasteiger partial charge >= 0.3 is 12.1 Å². The Morgan fingerprint density at radius 1 is 0.974 bits per heavy atom. The minimum absolute atomic E-state index is 0.0562. The van der Waals surface area contributed by atoms with Crippen LogP contribution in [0, 0.1) is 0 Å². The summed E-state index contributed by atoms with van der Waals surface area (Å²) in [6.45, 7) is 20.3. The summed E-state index contributed by atoms with van der Waals surface area (Å²) >= 11 is 0. The lowest BCUT2D eigenvalue weighted by molar-refractivity contribution is -0.145. The van der Waals surface area contributed by atoms with Crippen molar-refractivity contribution < 1.29 is 23.5 Å². The van der Waals surface area contributed by atoms with E-state index in [0.29, 0.717) is 26.2 Å². The maximum absolute atomic E-state index is 12.9. The lowest BCUT2D eigenvalue weighted by Crippen LogP contribution is -2.46. The molecule has 1 rings (SSSR count). The molecular formula is C31H53NO5Si. The first-order valence-electron chi connectivity index (χ1n) is 14.1. The van der Waals surface area contributed by atoms with E-state index in [9.17, 15) is 9.59 Å². The monoisotopic (exact) mass is 547 g/mol. The number of carbonyl (C=O) groups excluding carboxylic acids is 2. The summed E-state index contributed by atoms with van der Waals surface area (Å²) in [6, 6.07) is 9.78. The van der Waals surface area contributed by atoms with Crippen LogP contribution in [0.25, 0.3) is 0 Å². The predicted octanol–water partition coefficient (Wildman–Crippen LogP) is 8.27. The van der Waals surface area contributed by atoms with Crippen molar-refractivity contribution >= 4 is 20.4 Å². The van der Waals surface area contributed by atoms with E-state index in [1.54, 1.807) is 0 Å². The molecule has 0 heterocycles. The number of ether oxygens (including phenoxy) is 2. The largest absolute Gasteiger partial charge is 0.461 e. The Hall–Kier alpha value is -2.12. The maximum atomic E-state index is 12.9. The van der Waals surface area contributed by atoms with Gasteiger partial charge in [-0.2, -0.15) is 0 Å². The second-order valence-corrected chi connectivity index (χ2v) is 17.4. The van der Waals surface area contributed by atoms with Crippen LogP contribution in [0.2, 0.25) is 18.1 Å². The molecule has 1 atom stereocenters. The number of esters is 1. The van der Waals surface area contributed by atoms with E-state index in [0.717, 1.165) is 37.7 Å². The first kappa shape index (κ1) is 33.9. The molecule has 0 aromatic heterocycles. The number of benzene rings is 1. The Kier molecular flexibility index (Phi) is 14.4. The molecule has 38 heavy (non-hydrogen) atoms. The second kappa shape index (κ2) is 16.1. The summed E-state index contributed by atoms with van der Waals surface area (Å²) < 4.78 is 17.4. The van der Waals surface area contributed by atoms with E-state index in [1.165, 1.54) is 0 Å². The van der Waals surface area contributed by atoms with Gasteiger partial charge in [0.15, 0.2) is 8.32 Å². The molecule has 0 aliphatic carbocycles. The lowest BCUT2D eigenvalue weighted by Gasteiger charge is -2.37. The fourth-order valence-electron chi connectivity index (χ4n) is 3.52. The number of nitrogens with zero attached hydrogens (tertiary/aromatic N) is 1. The molecule has 1 amide bonds. The van der Waals surface area contributed by atoms with Gasteiger partial charge in [0.05, 0.1) is 6.61 Å². The number of allylic oxidation sites excluding steroid dienone is 2. The van der Waals surface area contributed by atoms with Crippen LogP contribution in [0.15, 0.2) is 42.5 Å². The number of amides is 1. The molecule has 0 aliphatic heterocycles. The molecule has 0 aliphatic rings. The molecule has 216 valence electrons. The number of carbonyl (C=O) groups is 2. The van der Waals surface area contributed by atoms with Gasteiger partial charge in [-0.1, -0.05) is 63.3 Å². The summed E-state index contributed by atoms with van der Waals surface area (Å²) in [4.78, 5) is 26.7. The minimum atomic E-state index is -1.88. The normalized spacial score (nSPS) is 13.4. The standard InChI is InChI=1S/C31H53NO5Si/c1-26(32(29(34)37-30(2,3)4)23-24-36-38(8,9)31(5,6)7)19-15-12-10-11-13-18-22-28(33)35-25-27-20-16-14-17-21-27/h10-11,14,16-17,20-21,26H,12-13,15,18-19,22-25H2,1-9H3/b11-10-/t26-/m0/s1. The molecule has 0 saturated heterocycles. The van der Waals surface area contributed by atoms with Crippen LogP contribution in [0.3, 0.4) is 0 Å². The average molecular weight is 548 g/mol. The van der Waals surface area contributed by atoms with Gasteiger partial charge < -0.3 is 18.8 Å². The molecule has 1 aromatic carbocycles. The number of hydrogen-bond donors (Lipinski definition) is 0. The number of hydrogen-bond acceptors (Lipinski definition) is 5. The summed E-state index contributed by atoms with van der Waals surface area (Å²) in [5.74, 6) is -0.157. The highest BCUT2D eigenvalue weighted by molar-refractivity contribution is 6.74. The van der Waals surface area contributed by atoms with E-state index in [2.05, 4.69) is 52.9 Å². The Bertz CT molecular complexity index is 855. The predicted molar refractivity (Wildman–Crippen MR) is 159 cm³/mol. The maximum Gasteiger partial charge on any atom is 0.410 e. The molecular weight excluding hydrogens is 494 g/mol. The van der Waals surface area contributed by atoms with Gasteiger partial charge in [0, 0.05) is 19.0 Å². The van der Waals surface area contributed by atoms with Gasteiger partial charge in [0.25, 0.3) is 0 Å². The fraction of sp³-hybridized carbons (Fsp3) is 0.677. The lowest BCUT2D eigenvalue weighted by atomic mass is 10.1. The van der Waals surface area contributed by atoms with E-state index in [-0.39, 0.29) is 23.1 Å². The zero-order chi connectivity index (χ0) is 28.8. The van der Waals surface area contributed by atoms with Gasteiger partial charge in [-0.05, 0) is 83.5 Å². The van der Waals surface area contributed by atoms with Gasteiger partial charge in [-0.25, -0.2) is 4.79 Å². The third-order valence-electron chi connectivity index (χ3n) is 6.92. The van der Waals surface area contributed by atoms with Crippen molar-refractivity contribution in [1.82, 2.24) is 4.90 Å². The molecule has 0 unspecified atom stereocenters. The van der Waals surface area contributed by atoms with Crippen molar-refractivity contribution in [3.05, 3.63) is 48.0 Å². The van der Waals surface area contributed by atoms with Crippen LogP contribution in [0.4, 0.5) is 4.79 Å². The van der Waals surface area contributed by atoms with Crippen LogP contribution in [0.5, 0.6) is 0 Å². The smallest absolute Gasteiger partial charge is 0.410 e. The van der Waals surface area contributed by atoms with Gasteiger partial charge in [0.2, 0.25) is 0 Å². The Labute approximate surface area is 233 Å². The van der Waals surface area contributed by atoms with E-state index >= 15 is 0 Å². The van der Waals surface area contributed by atoms with Gasteiger partial charge in [-0.15, -0.1) is 0 Å². The van der Waals surface area contributed by atoms with Crippen LogP contribution < -0.4 is 0 Å². The zero-order valence-electron chi connectivity index (χ0n) is 25.5. The van der Waals surface area contributed by atoms with Crippen molar-refractivity contribution in [3.8, 4) is 0 Å². The summed E-state index contributed by atoms with van der Waals surface area (Å²) in [7, 11) is -1.88. The van der Waals surface area contributed by atoms with Crippen molar-refractivity contribution in [1.29, 1.82) is 0 Å². The highest BCUT2D eigenvalue weighted by atomic mass is 28.4. The summed E-state index contributed by atoms with van der Waals surface area (Å²) in [5, 5.41) is 0.129. The average Bonchev–Trinajstić information content (AvgIpc) is 2.80. The third kappa shape index (κ3) is 14.1. The van der Waals surface area contributed by atoms with E-state index < -0.39 is 13.9 Å². The van der Waals surface area contributed by atoms with E-state index in [1.807, 2.05) is 56.0 Å². The topological polar surface area (TPSA) is 65.1 Å². The van der Waals surface area contributed by atoms with Crippen LogP contribution in [0.1, 0.15) is 92.6 Å². The molecule has 0 spiro atoms. The summed E-state index contributed by atoms with van der Waals surface area (Å²) in [5.41, 5.74) is 0.467. The van der Waals surface area contributed by atoms with Gasteiger partial charge in [-0.3, -0.25) is 4.79 Å². The van der Waals surface area contributed by atoms with E-state index in [4.69, 9.17) is 13.9 Å². The first-order chi connectivity index (χ1) is 17.6. The molecule has 0 saturated carbocycles. The van der Waals surface area contributed by atoms with Crippen LogP contribution in [-0.2, 0) is 25.3 Å². The first-order valence-corrected chi connectivity index (χ1v) is 17.0. The minimum Gasteiger partial charge on any atom is -0.461 e. The second-order valence-electron chi connectivity index (χ2n) is 12.6. The van der Waals surface area contributed by atoms with Gasteiger partial charge in [0.1, 0.15) is 12.2 Å². The highest BCUT2D eigenvalue weighted by Crippen LogP contribution is 2.36. The molecule has 0 fully saturated rings. The molecule has 7 heteroatoms. The van der Waals surface area contributed by atoms with Crippen molar-refractivity contribution in [2.75, 3.05) is 13.2 Å². The number of rotatable bonds is 15. The van der Waals surface area contributed by atoms with Crippen molar-refractivity contribution in [2.45, 2.75) is 123 Å². The number of unbranched alkanes of at least 4 members (excludes halogenated alkanes) is 2. The van der Waals surface area contributed by atoms with Crippen molar-refractivity contribution in [3.63, 3.8) is 0 Å². The van der Waals surface area contributed by atoms with Crippen molar-refractivity contribution in [2.24, 2.45) is 0 Å². The van der Waals surface area contributed by atoms with Crippen LogP contribution in [-0.4, -0.2) is 50.1 Å². The quantitative estimate of drug-likeness (QED) is 0.0957. The molecule has 6 nitrogen and oxygen atoms in total. The summed E-state index contributed by atoms with van der Waals surface area (Å²) in [6.07, 6.45) is 8.87. The Morgan fingerprint density at radius 3 is 2.16 bits per heavy atom. The third-order valence-corrected chi connectivity index (χ3v) is 11.5. The fourth-order valence-corrected chi connectivity index (χ4v) is 4.56. The zero-order valence-corrected chi connectivity index (χ0v) is 26.5. The Balaban J connectivity index is 2.40. The molecule has 0 N–H and O–H groups in total. The Morgan fingerprint density at radius 2 is 1.58 bits per heavy atom. The molecule has 0 bridgehead atoms. The highest BCUT2D eigenvalue weighted by Gasteiger charge is 2.37.